The van der Waals surface area contributed by atoms with E-state index in [-0.39, 0.29) is 5.00 Å². The van der Waals surface area contributed by atoms with E-state index in [0.717, 1.165) is 12.8 Å². The minimum atomic E-state index is 0.0139. The second kappa shape index (κ2) is 1.11. The highest BCUT2D eigenvalue weighted by molar-refractivity contribution is 6.25. The first kappa shape index (κ1) is 4.41. The Balaban J connectivity index is 2.28. The van der Waals surface area contributed by atoms with Crippen LogP contribution in [0, 0.1) is 0 Å². The van der Waals surface area contributed by atoms with E-state index in [1.807, 2.05) is 7.05 Å². The van der Waals surface area contributed by atoms with E-state index in [4.69, 9.17) is 11.6 Å². The van der Waals surface area contributed by atoms with Crippen molar-refractivity contribution in [3.05, 3.63) is 0 Å². The van der Waals surface area contributed by atoms with E-state index in [0.29, 0.717) is 0 Å². The Morgan fingerprint density at radius 3 is 2.17 bits per heavy atom. The second-order valence-electron chi connectivity index (χ2n) is 1.72. The molecule has 0 heterocycles. The Kier molecular flexibility index (Phi) is 0.815. The molecule has 0 saturated heterocycles. The zero-order valence-electron chi connectivity index (χ0n) is 3.79. The van der Waals surface area contributed by atoms with Crippen molar-refractivity contribution < 1.29 is 0 Å². The third-order valence-corrected chi connectivity index (χ3v) is 1.70. The Labute approximate surface area is 42.7 Å². The minimum absolute atomic E-state index is 0.0139. The lowest BCUT2D eigenvalue weighted by Crippen LogP contribution is -2.18. The first-order valence-electron chi connectivity index (χ1n) is 2.15. The molecule has 0 atom stereocenters. The molecule has 1 nitrogen and oxygen atoms in total. The molecule has 0 spiro atoms. The zero-order chi connectivity index (χ0) is 4.62. The SMILES string of the molecule is CNC1(Cl)CC1. The normalized spacial score (nSPS) is 27.0. The maximum Gasteiger partial charge on any atom is 0.0935 e. The number of hydrogen-bond donors (Lipinski definition) is 1. The van der Waals surface area contributed by atoms with Crippen LogP contribution in [-0.2, 0) is 0 Å². The van der Waals surface area contributed by atoms with Crippen molar-refractivity contribution in [3.63, 3.8) is 0 Å². The zero-order valence-corrected chi connectivity index (χ0v) is 4.55. The molecule has 0 unspecified atom stereocenters. The predicted molar refractivity (Wildman–Crippen MR) is 26.9 cm³/mol. The average molecular weight is 106 g/mol. The van der Waals surface area contributed by atoms with Crippen LogP contribution in [0.15, 0.2) is 0 Å². The van der Waals surface area contributed by atoms with Crippen LogP contribution >= 0.6 is 11.6 Å². The summed E-state index contributed by atoms with van der Waals surface area (Å²) in [6.45, 7) is 0. The first-order valence-corrected chi connectivity index (χ1v) is 2.52. The summed E-state index contributed by atoms with van der Waals surface area (Å²) in [6.07, 6.45) is 2.26. The van der Waals surface area contributed by atoms with Gasteiger partial charge in [-0.25, -0.2) is 0 Å². The summed E-state index contributed by atoms with van der Waals surface area (Å²) < 4.78 is 0. The first-order chi connectivity index (χ1) is 2.77. The van der Waals surface area contributed by atoms with E-state index in [1.165, 1.54) is 0 Å². The summed E-state index contributed by atoms with van der Waals surface area (Å²) in [6, 6.07) is 0. The second-order valence-corrected chi connectivity index (χ2v) is 2.44. The molecule has 1 rings (SSSR count). The lowest BCUT2D eigenvalue weighted by molar-refractivity contribution is 0.742. The van der Waals surface area contributed by atoms with Gasteiger partial charge < -0.3 is 5.32 Å². The summed E-state index contributed by atoms with van der Waals surface area (Å²) in [5.41, 5.74) is 0. The van der Waals surface area contributed by atoms with Gasteiger partial charge in [-0.05, 0) is 19.9 Å². The Morgan fingerprint density at radius 1 is 1.67 bits per heavy atom. The van der Waals surface area contributed by atoms with Gasteiger partial charge in [-0.3, -0.25) is 0 Å². The summed E-state index contributed by atoms with van der Waals surface area (Å²) in [7, 11) is 1.89. The molecule has 0 bridgehead atoms. The van der Waals surface area contributed by atoms with E-state index < -0.39 is 0 Å². The van der Waals surface area contributed by atoms with Crippen molar-refractivity contribution in [2.75, 3.05) is 7.05 Å². The van der Waals surface area contributed by atoms with Crippen LogP contribution in [0.25, 0.3) is 0 Å². The molecular weight excluding hydrogens is 97.5 g/mol. The lowest BCUT2D eigenvalue weighted by Gasteiger charge is -1.97. The molecule has 1 aliphatic carbocycles. The molecule has 6 heavy (non-hydrogen) atoms. The topological polar surface area (TPSA) is 12.0 Å². The molecule has 1 saturated carbocycles. The van der Waals surface area contributed by atoms with Gasteiger partial charge in [-0.15, -0.1) is 11.6 Å². The molecule has 2 heteroatoms. The molecule has 0 aliphatic heterocycles. The number of alkyl halides is 1. The lowest BCUT2D eigenvalue weighted by atomic mass is 10.7. The Hall–Kier alpha value is 0.250. The molecule has 0 aromatic rings. The van der Waals surface area contributed by atoms with Gasteiger partial charge in [0.15, 0.2) is 0 Å². The molecule has 36 valence electrons. The predicted octanol–water partition coefficient (Wildman–Crippen LogP) is 0.935. The fourth-order valence-corrected chi connectivity index (χ4v) is 0.454. The van der Waals surface area contributed by atoms with Gasteiger partial charge in [0.25, 0.3) is 0 Å². The van der Waals surface area contributed by atoms with Crippen LogP contribution in [0.4, 0.5) is 0 Å². The number of hydrogen-bond acceptors (Lipinski definition) is 1. The molecular formula is C4H8ClN. The smallest absolute Gasteiger partial charge is 0.0935 e. The van der Waals surface area contributed by atoms with Crippen LogP contribution in [-0.4, -0.2) is 12.0 Å². The summed E-state index contributed by atoms with van der Waals surface area (Å²) in [5, 5.41) is 2.98. The van der Waals surface area contributed by atoms with Crippen molar-refractivity contribution >= 4 is 11.6 Å². The third kappa shape index (κ3) is 0.660. The maximum absolute atomic E-state index is 5.72. The van der Waals surface area contributed by atoms with Crippen molar-refractivity contribution in [2.24, 2.45) is 0 Å². The maximum atomic E-state index is 5.72. The van der Waals surface area contributed by atoms with Gasteiger partial charge in [0.1, 0.15) is 0 Å². The van der Waals surface area contributed by atoms with Gasteiger partial charge in [0.2, 0.25) is 0 Å². The molecule has 0 amide bonds. The van der Waals surface area contributed by atoms with E-state index >= 15 is 0 Å². The largest absolute Gasteiger partial charge is 0.302 e. The van der Waals surface area contributed by atoms with Crippen molar-refractivity contribution in [1.29, 1.82) is 0 Å². The molecule has 1 N–H and O–H groups in total. The number of rotatable bonds is 1. The van der Waals surface area contributed by atoms with E-state index in [2.05, 4.69) is 5.32 Å². The van der Waals surface area contributed by atoms with Gasteiger partial charge >= 0.3 is 0 Å². The standard InChI is InChI=1S/C4H8ClN/c1-6-4(5)2-3-4/h6H,2-3H2,1H3. The quantitative estimate of drug-likeness (QED) is 0.387. The van der Waals surface area contributed by atoms with Gasteiger partial charge in [-0.2, -0.15) is 0 Å². The highest BCUT2D eigenvalue weighted by Gasteiger charge is 2.38. The highest BCUT2D eigenvalue weighted by Crippen LogP contribution is 2.38. The van der Waals surface area contributed by atoms with E-state index in [1.54, 1.807) is 0 Å². The minimum Gasteiger partial charge on any atom is -0.302 e. The summed E-state index contributed by atoms with van der Waals surface area (Å²) in [4.78, 5) is 0.0139. The van der Waals surface area contributed by atoms with Crippen LogP contribution in [0.1, 0.15) is 12.8 Å². The highest BCUT2D eigenvalue weighted by atomic mass is 35.5. The van der Waals surface area contributed by atoms with Gasteiger partial charge in [0.05, 0.1) is 5.00 Å². The molecule has 0 aromatic carbocycles. The summed E-state index contributed by atoms with van der Waals surface area (Å²) >= 11 is 5.72. The van der Waals surface area contributed by atoms with Gasteiger partial charge in [0, 0.05) is 0 Å². The number of halogens is 1. The fraction of sp³-hybridized carbons (Fsp3) is 1.00. The average Bonchev–Trinajstić information content (AvgIpc) is 2.22. The Bertz CT molecular complexity index is 58.6. The van der Waals surface area contributed by atoms with Crippen molar-refractivity contribution in [3.8, 4) is 0 Å². The number of nitrogens with one attached hydrogen (secondary N) is 1. The Morgan fingerprint density at radius 2 is 2.17 bits per heavy atom. The van der Waals surface area contributed by atoms with Crippen LogP contribution in [0.3, 0.4) is 0 Å². The molecule has 0 radical (unpaired) electrons. The van der Waals surface area contributed by atoms with Crippen molar-refractivity contribution in [2.45, 2.75) is 17.8 Å². The van der Waals surface area contributed by atoms with Crippen LogP contribution in [0.2, 0.25) is 0 Å². The van der Waals surface area contributed by atoms with Crippen molar-refractivity contribution in [1.82, 2.24) is 5.32 Å². The molecule has 1 fully saturated rings. The molecule has 1 aliphatic rings. The monoisotopic (exact) mass is 105 g/mol. The summed E-state index contributed by atoms with van der Waals surface area (Å²) in [5.74, 6) is 0. The fourth-order valence-electron chi connectivity index (χ4n) is 0.360. The van der Waals surface area contributed by atoms with Crippen LogP contribution in [0.5, 0.6) is 0 Å². The van der Waals surface area contributed by atoms with Crippen LogP contribution < -0.4 is 5.32 Å². The van der Waals surface area contributed by atoms with E-state index in [9.17, 15) is 0 Å². The third-order valence-electron chi connectivity index (χ3n) is 1.14. The van der Waals surface area contributed by atoms with Gasteiger partial charge in [-0.1, -0.05) is 0 Å². The molecule has 0 aromatic heterocycles.